The number of hydrogen-bond acceptors (Lipinski definition) is 6. The van der Waals surface area contributed by atoms with Gasteiger partial charge in [0.15, 0.2) is 5.11 Å². The second kappa shape index (κ2) is 9.60. The van der Waals surface area contributed by atoms with Crippen molar-refractivity contribution in [1.82, 2.24) is 15.5 Å². The van der Waals surface area contributed by atoms with Gasteiger partial charge >= 0.3 is 0 Å². The summed E-state index contributed by atoms with van der Waals surface area (Å²) < 4.78 is 16.7. The van der Waals surface area contributed by atoms with Gasteiger partial charge in [-0.05, 0) is 49.0 Å². The molecule has 3 aromatic carbocycles. The molecule has 1 unspecified atom stereocenters. The largest absolute Gasteiger partial charge is 0.497 e. The third-order valence-electron chi connectivity index (χ3n) is 5.91. The van der Waals surface area contributed by atoms with Gasteiger partial charge in [0.05, 0.1) is 31.5 Å². The summed E-state index contributed by atoms with van der Waals surface area (Å²) in [4.78, 5) is 6.71. The molecule has 5 rings (SSSR count). The van der Waals surface area contributed by atoms with Gasteiger partial charge in [0, 0.05) is 17.3 Å². The lowest BCUT2D eigenvalue weighted by Crippen LogP contribution is -2.46. The van der Waals surface area contributed by atoms with Gasteiger partial charge in [0.1, 0.15) is 11.5 Å². The fourth-order valence-corrected chi connectivity index (χ4v) is 4.55. The number of nitrogens with one attached hydrogen (secondary N) is 1. The van der Waals surface area contributed by atoms with Gasteiger partial charge in [-0.25, -0.2) is 0 Å². The number of benzene rings is 3. The molecule has 1 atom stereocenters. The minimum Gasteiger partial charge on any atom is -0.497 e. The number of thiocarbonyl (C=S) groups is 1. The smallest absolute Gasteiger partial charge is 0.258 e. The van der Waals surface area contributed by atoms with E-state index in [1.165, 1.54) is 0 Å². The monoisotopic (exact) mass is 484 g/mol. The Bertz CT molecular complexity index is 1400. The molecule has 176 valence electrons. The van der Waals surface area contributed by atoms with Gasteiger partial charge < -0.3 is 19.3 Å². The van der Waals surface area contributed by atoms with E-state index in [-0.39, 0.29) is 6.04 Å². The van der Waals surface area contributed by atoms with Crippen molar-refractivity contribution in [1.29, 1.82) is 0 Å². The van der Waals surface area contributed by atoms with Crippen LogP contribution in [-0.2, 0) is 0 Å². The summed E-state index contributed by atoms with van der Waals surface area (Å²) in [5.74, 6) is 2.42. The molecule has 8 heteroatoms. The average molecular weight is 485 g/mol. The van der Waals surface area contributed by atoms with Gasteiger partial charge in [-0.1, -0.05) is 53.7 Å². The highest BCUT2D eigenvalue weighted by Crippen LogP contribution is 2.40. The Morgan fingerprint density at radius 1 is 0.914 bits per heavy atom. The molecule has 4 aromatic rings. The predicted molar refractivity (Wildman–Crippen MR) is 139 cm³/mol. The average Bonchev–Trinajstić information content (AvgIpc) is 3.39. The van der Waals surface area contributed by atoms with E-state index < -0.39 is 0 Å². The Morgan fingerprint density at radius 3 is 2.37 bits per heavy atom. The first-order valence-electron chi connectivity index (χ1n) is 11.1. The number of anilines is 1. The number of aromatic nitrogens is 2. The third kappa shape index (κ3) is 4.36. The summed E-state index contributed by atoms with van der Waals surface area (Å²) >= 11 is 5.83. The van der Waals surface area contributed by atoms with E-state index in [1.807, 2.05) is 90.7 Å². The second-order valence-electron chi connectivity index (χ2n) is 7.98. The van der Waals surface area contributed by atoms with Crippen LogP contribution >= 0.6 is 12.2 Å². The zero-order valence-corrected chi connectivity index (χ0v) is 20.4. The molecule has 1 N–H and O–H groups in total. The molecule has 1 aliphatic rings. The molecule has 0 radical (unpaired) electrons. The predicted octanol–water partition coefficient (Wildman–Crippen LogP) is 5.62. The van der Waals surface area contributed by atoms with Gasteiger partial charge in [-0.2, -0.15) is 4.98 Å². The third-order valence-corrected chi connectivity index (χ3v) is 6.21. The second-order valence-corrected chi connectivity index (χ2v) is 8.37. The van der Waals surface area contributed by atoms with Crippen molar-refractivity contribution in [2.24, 2.45) is 0 Å². The highest BCUT2D eigenvalue weighted by Gasteiger charge is 2.35. The highest BCUT2D eigenvalue weighted by atomic mass is 32.1. The van der Waals surface area contributed by atoms with E-state index in [0.717, 1.165) is 39.6 Å². The maximum Gasteiger partial charge on any atom is 0.258 e. The first-order valence-corrected chi connectivity index (χ1v) is 11.5. The highest BCUT2D eigenvalue weighted by molar-refractivity contribution is 7.80. The van der Waals surface area contributed by atoms with Crippen molar-refractivity contribution >= 4 is 28.6 Å². The van der Waals surface area contributed by atoms with Gasteiger partial charge in [-0.15, -0.1) is 0 Å². The lowest BCUT2D eigenvalue weighted by molar-refractivity contribution is 0.403. The molecule has 35 heavy (non-hydrogen) atoms. The van der Waals surface area contributed by atoms with Crippen LogP contribution in [0.3, 0.4) is 0 Å². The number of ether oxygens (including phenoxy) is 2. The van der Waals surface area contributed by atoms with Crippen LogP contribution < -0.4 is 19.7 Å². The van der Waals surface area contributed by atoms with E-state index in [9.17, 15) is 0 Å². The Morgan fingerprint density at radius 2 is 1.63 bits per heavy atom. The summed E-state index contributed by atoms with van der Waals surface area (Å²) in [6.45, 7) is 2.00. The minimum absolute atomic E-state index is 0.316. The normalized spacial score (nSPS) is 15.7. The van der Waals surface area contributed by atoms with E-state index >= 15 is 0 Å². The van der Waals surface area contributed by atoms with E-state index in [0.29, 0.717) is 16.8 Å². The summed E-state index contributed by atoms with van der Waals surface area (Å²) in [5.41, 5.74) is 4.40. The van der Waals surface area contributed by atoms with Crippen LogP contribution in [0.15, 0.2) is 89.1 Å². The number of allylic oxidation sites excluding steroid dienone is 1. The molecular formula is C27H24N4O3S. The summed E-state index contributed by atoms with van der Waals surface area (Å²) in [5, 5.41) is 8.28. The molecule has 0 aliphatic carbocycles. The Kier molecular flexibility index (Phi) is 6.20. The fraction of sp³-hybridized carbons (Fsp3) is 0.148. The lowest BCUT2D eigenvalue weighted by Gasteiger charge is -2.37. The quantitative estimate of drug-likeness (QED) is 0.354. The van der Waals surface area contributed by atoms with Crippen molar-refractivity contribution in [3.8, 4) is 22.9 Å². The van der Waals surface area contributed by atoms with Crippen LogP contribution in [-0.4, -0.2) is 29.5 Å². The topological polar surface area (TPSA) is 72.7 Å². The summed E-state index contributed by atoms with van der Waals surface area (Å²) in [6, 6.07) is 25.0. The molecule has 0 spiro atoms. The SMILES string of the molecule is COc1cccc(C2NC(=S)N(c3cccc(OC)c3)C(C)=C2c2nc(-c3ccccc3)no2)c1. The Labute approximate surface area is 209 Å². The van der Waals surface area contributed by atoms with Crippen LogP contribution in [0.1, 0.15) is 24.4 Å². The van der Waals surface area contributed by atoms with Crippen molar-refractivity contribution in [3.05, 3.63) is 96.0 Å². The summed E-state index contributed by atoms with van der Waals surface area (Å²) in [7, 11) is 3.29. The van der Waals surface area contributed by atoms with Gasteiger partial charge in [-0.3, -0.25) is 4.90 Å². The van der Waals surface area contributed by atoms with Crippen LogP contribution in [0.5, 0.6) is 11.5 Å². The van der Waals surface area contributed by atoms with Crippen LogP contribution in [0.25, 0.3) is 17.0 Å². The number of nitrogens with zero attached hydrogens (tertiary/aromatic N) is 3. The molecule has 2 heterocycles. The zero-order chi connectivity index (χ0) is 24.4. The molecule has 0 saturated heterocycles. The van der Waals surface area contributed by atoms with Gasteiger partial charge in [0.25, 0.3) is 5.89 Å². The first kappa shape index (κ1) is 22.6. The number of methoxy groups -OCH3 is 2. The molecule has 0 bridgehead atoms. The molecule has 1 aliphatic heterocycles. The number of rotatable bonds is 6. The Hall–Kier alpha value is -4.17. The minimum atomic E-state index is -0.316. The maximum absolute atomic E-state index is 5.83. The molecular weight excluding hydrogens is 460 g/mol. The van der Waals surface area contributed by atoms with Crippen molar-refractivity contribution < 1.29 is 14.0 Å². The van der Waals surface area contributed by atoms with E-state index in [1.54, 1.807) is 14.2 Å². The van der Waals surface area contributed by atoms with Crippen molar-refractivity contribution in [2.45, 2.75) is 13.0 Å². The van der Waals surface area contributed by atoms with Crippen molar-refractivity contribution in [3.63, 3.8) is 0 Å². The molecule has 0 amide bonds. The molecule has 0 fully saturated rings. The van der Waals surface area contributed by atoms with Crippen LogP contribution in [0.2, 0.25) is 0 Å². The summed E-state index contributed by atoms with van der Waals surface area (Å²) in [6.07, 6.45) is 0. The van der Waals surface area contributed by atoms with Gasteiger partial charge in [0.2, 0.25) is 5.82 Å². The maximum atomic E-state index is 5.83. The molecule has 0 saturated carbocycles. The fourth-order valence-electron chi connectivity index (χ4n) is 4.19. The molecule has 1 aromatic heterocycles. The van der Waals surface area contributed by atoms with E-state index in [2.05, 4.69) is 10.5 Å². The first-order chi connectivity index (χ1) is 17.1. The lowest BCUT2D eigenvalue weighted by atomic mass is 9.94. The Balaban J connectivity index is 1.67. The van der Waals surface area contributed by atoms with Crippen LogP contribution in [0, 0.1) is 0 Å². The van der Waals surface area contributed by atoms with E-state index in [4.69, 9.17) is 31.2 Å². The van der Waals surface area contributed by atoms with Crippen molar-refractivity contribution in [2.75, 3.05) is 19.1 Å². The van der Waals surface area contributed by atoms with Crippen LogP contribution in [0.4, 0.5) is 5.69 Å². The number of hydrogen-bond donors (Lipinski definition) is 1. The zero-order valence-electron chi connectivity index (χ0n) is 19.6. The molecule has 7 nitrogen and oxygen atoms in total. The standard InChI is InChI=1S/C27H24N4O3S/c1-17-23(26-29-25(30-34-26)18-9-5-4-6-10-18)24(19-11-7-13-21(15-19)32-2)28-27(35)31(17)20-12-8-14-22(16-20)33-3/h4-16,24H,1-3H3,(H,28,35).